The fourth-order valence-corrected chi connectivity index (χ4v) is 2.17. The lowest BCUT2D eigenvalue weighted by Crippen LogP contribution is -2.58. The molecule has 0 bridgehead atoms. The van der Waals surface area contributed by atoms with Crippen LogP contribution in [0.4, 0.5) is 0 Å². The van der Waals surface area contributed by atoms with Gasteiger partial charge >= 0.3 is 0 Å². The molecule has 0 saturated carbocycles. The molecule has 1 heterocycles. The SMILES string of the molecule is CCCN(CCN(C)C)C(=O)C1(N)CCOCC1. The first-order chi connectivity index (χ1) is 8.49. The number of carbonyl (C=O) groups is 1. The highest BCUT2D eigenvalue weighted by Crippen LogP contribution is 2.20. The Morgan fingerprint density at radius 1 is 1.22 bits per heavy atom. The van der Waals surface area contributed by atoms with Gasteiger partial charge in [-0.15, -0.1) is 0 Å². The number of hydrogen-bond acceptors (Lipinski definition) is 4. The maximum Gasteiger partial charge on any atom is 0.242 e. The molecule has 2 N–H and O–H groups in total. The highest BCUT2D eigenvalue weighted by molar-refractivity contribution is 5.86. The Bertz CT molecular complexity index is 263. The molecular formula is C13H27N3O2. The number of hydrogen-bond donors (Lipinski definition) is 1. The van der Waals surface area contributed by atoms with Gasteiger partial charge in [0.25, 0.3) is 0 Å². The van der Waals surface area contributed by atoms with E-state index in [1.807, 2.05) is 19.0 Å². The van der Waals surface area contributed by atoms with Crippen molar-refractivity contribution in [3.63, 3.8) is 0 Å². The van der Waals surface area contributed by atoms with Gasteiger partial charge in [0.15, 0.2) is 0 Å². The number of rotatable bonds is 6. The summed E-state index contributed by atoms with van der Waals surface area (Å²) in [5.74, 6) is 0.0921. The lowest BCUT2D eigenvalue weighted by Gasteiger charge is -2.37. The molecule has 1 aliphatic heterocycles. The van der Waals surface area contributed by atoms with Gasteiger partial charge in [-0.3, -0.25) is 4.79 Å². The van der Waals surface area contributed by atoms with E-state index in [4.69, 9.17) is 10.5 Å². The molecule has 1 aliphatic rings. The molecule has 0 radical (unpaired) electrons. The van der Waals surface area contributed by atoms with Crippen molar-refractivity contribution < 1.29 is 9.53 Å². The van der Waals surface area contributed by atoms with Crippen molar-refractivity contribution in [1.82, 2.24) is 9.80 Å². The standard InChI is InChI=1S/C13H27N3O2/c1-4-7-16(9-8-15(2)3)12(17)13(14)5-10-18-11-6-13/h4-11,14H2,1-3H3. The minimum Gasteiger partial charge on any atom is -0.381 e. The maximum atomic E-state index is 12.5. The second kappa shape index (κ2) is 7.07. The van der Waals surface area contributed by atoms with Crippen molar-refractivity contribution >= 4 is 5.91 Å². The molecule has 0 spiro atoms. The van der Waals surface area contributed by atoms with Crippen molar-refractivity contribution in [2.75, 3.05) is 46.9 Å². The average Bonchev–Trinajstić information content (AvgIpc) is 2.34. The second-order valence-electron chi connectivity index (χ2n) is 5.36. The van der Waals surface area contributed by atoms with Gasteiger partial charge < -0.3 is 20.3 Å². The quantitative estimate of drug-likeness (QED) is 0.743. The van der Waals surface area contributed by atoms with Crippen LogP contribution in [0, 0.1) is 0 Å². The van der Waals surface area contributed by atoms with Crippen LogP contribution in [-0.2, 0) is 9.53 Å². The van der Waals surface area contributed by atoms with Crippen molar-refractivity contribution in [1.29, 1.82) is 0 Å². The third-order valence-electron chi connectivity index (χ3n) is 3.41. The Morgan fingerprint density at radius 3 is 2.33 bits per heavy atom. The molecule has 0 aliphatic carbocycles. The smallest absolute Gasteiger partial charge is 0.242 e. The highest BCUT2D eigenvalue weighted by Gasteiger charge is 2.38. The number of carbonyl (C=O) groups excluding carboxylic acids is 1. The Hall–Kier alpha value is -0.650. The molecule has 0 unspecified atom stereocenters. The van der Waals surface area contributed by atoms with Gasteiger partial charge in [-0.1, -0.05) is 6.92 Å². The monoisotopic (exact) mass is 257 g/mol. The molecule has 0 atom stereocenters. The summed E-state index contributed by atoms with van der Waals surface area (Å²) in [6.07, 6.45) is 2.23. The molecule has 5 heteroatoms. The van der Waals surface area contributed by atoms with Crippen LogP contribution < -0.4 is 5.73 Å². The van der Waals surface area contributed by atoms with Crippen LogP contribution in [0.1, 0.15) is 26.2 Å². The van der Waals surface area contributed by atoms with E-state index in [9.17, 15) is 4.79 Å². The van der Waals surface area contributed by atoms with Crippen LogP contribution in [0.25, 0.3) is 0 Å². The lowest BCUT2D eigenvalue weighted by molar-refractivity contribution is -0.140. The van der Waals surface area contributed by atoms with Crippen molar-refractivity contribution in [3.8, 4) is 0 Å². The van der Waals surface area contributed by atoms with Crippen LogP contribution in [0.3, 0.4) is 0 Å². The molecule has 0 aromatic carbocycles. The summed E-state index contributed by atoms with van der Waals surface area (Å²) >= 11 is 0. The van der Waals surface area contributed by atoms with E-state index >= 15 is 0 Å². The van der Waals surface area contributed by atoms with Crippen molar-refractivity contribution in [2.24, 2.45) is 5.73 Å². The summed E-state index contributed by atoms with van der Waals surface area (Å²) < 4.78 is 5.29. The van der Waals surface area contributed by atoms with Gasteiger partial charge in [-0.2, -0.15) is 0 Å². The predicted octanol–water partition coefficient (Wildman–Crippen LogP) is 0.295. The van der Waals surface area contributed by atoms with E-state index in [0.717, 1.165) is 26.1 Å². The molecule has 0 aromatic rings. The Labute approximate surface area is 110 Å². The zero-order valence-electron chi connectivity index (χ0n) is 11.9. The van der Waals surface area contributed by atoms with Gasteiger partial charge in [0.05, 0.1) is 5.54 Å². The second-order valence-corrected chi connectivity index (χ2v) is 5.36. The fraction of sp³-hybridized carbons (Fsp3) is 0.923. The first-order valence-electron chi connectivity index (χ1n) is 6.80. The van der Waals surface area contributed by atoms with Gasteiger partial charge in [0, 0.05) is 32.8 Å². The molecule has 1 amide bonds. The van der Waals surface area contributed by atoms with E-state index in [-0.39, 0.29) is 5.91 Å². The first kappa shape index (κ1) is 15.4. The topological polar surface area (TPSA) is 58.8 Å². The molecule has 1 rings (SSSR count). The molecule has 18 heavy (non-hydrogen) atoms. The van der Waals surface area contributed by atoms with Crippen molar-refractivity contribution in [2.45, 2.75) is 31.7 Å². The number of ether oxygens (including phenoxy) is 1. The van der Waals surface area contributed by atoms with Crippen LogP contribution >= 0.6 is 0 Å². The highest BCUT2D eigenvalue weighted by atomic mass is 16.5. The summed E-state index contributed by atoms with van der Waals surface area (Å²) in [5, 5.41) is 0. The minimum atomic E-state index is -0.709. The van der Waals surface area contributed by atoms with E-state index in [1.165, 1.54) is 0 Å². The average molecular weight is 257 g/mol. The Kier molecular flexibility index (Phi) is 6.05. The van der Waals surface area contributed by atoms with Crippen molar-refractivity contribution in [3.05, 3.63) is 0 Å². The number of nitrogens with two attached hydrogens (primary N) is 1. The first-order valence-corrected chi connectivity index (χ1v) is 6.80. The summed E-state index contributed by atoms with van der Waals surface area (Å²) in [6.45, 7) is 5.68. The van der Waals surface area contributed by atoms with E-state index in [1.54, 1.807) is 0 Å². The molecule has 5 nitrogen and oxygen atoms in total. The van der Waals surface area contributed by atoms with E-state index < -0.39 is 5.54 Å². The zero-order valence-corrected chi connectivity index (χ0v) is 11.9. The number of nitrogens with zero attached hydrogens (tertiary/aromatic N) is 2. The molecule has 1 fully saturated rings. The summed E-state index contributed by atoms with van der Waals surface area (Å²) in [7, 11) is 4.03. The molecular weight excluding hydrogens is 230 g/mol. The molecule has 106 valence electrons. The lowest BCUT2D eigenvalue weighted by atomic mass is 9.89. The Morgan fingerprint density at radius 2 is 1.83 bits per heavy atom. The molecule has 0 aromatic heterocycles. The van der Waals surface area contributed by atoms with Crippen LogP contribution in [-0.4, -0.2) is 68.2 Å². The molecule has 1 saturated heterocycles. The Balaban J connectivity index is 2.62. The van der Waals surface area contributed by atoms with Gasteiger partial charge in [-0.25, -0.2) is 0 Å². The van der Waals surface area contributed by atoms with Crippen LogP contribution in [0.15, 0.2) is 0 Å². The number of amides is 1. The summed E-state index contributed by atoms with van der Waals surface area (Å²) in [6, 6.07) is 0. The zero-order chi connectivity index (χ0) is 13.6. The van der Waals surface area contributed by atoms with E-state index in [2.05, 4.69) is 11.8 Å². The normalized spacial score (nSPS) is 18.9. The third-order valence-corrected chi connectivity index (χ3v) is 3.41. The van der Waals surface area contributed by atoms with E-state index in [0.29, 0.717) is 26.1 Å². The predicted molar refractivity (Wildman–Crippen MR) is 72.4 cm³/mol. The summed E-state index contributed by atoms with van der Waals surface area (Å²) in [4.78, 5) is 16.5. The summed E-state index contributed by atoms with van der Waals surface area (Å²) in [5.41, 5.74) is 5.55. The number of likely N-dealkylation sites (N-methyl/N-ethyl adjacent to an activating group) is 1. The largest absolute Gasteiger partial charge is 0.381 e. The van der Waals surface area contributed by atoms with Crippen LogP contribution in [0.2, 0.25) is 0 Å². The van der Waals surface area contributed by atoms with Gasteiger partial charge in [0.2, 0.25) is 5.91 Å². The fourth-order valence-electron chi connectivity index (χ4n) is 2.17. The van der Waals surface area contributed by atoms with Gasteiger partial charge in [0.1, 0.15) is 0 Å². The minimum absolute atomic E-state index is 0.0921. The van der Waals surface area contributed by atoms with Gasteiger partial charge in [-0.05, 0) is 33.4 Å². The third kappa shape index (κ3) is 4.23. The maximum absolute atomic E-state index is 12.5. The van der Waals surface area contributed by atoms with Crippen LogP contribution in [0.5, 0.6) is 0 Å².